The highest BCUT2D eigenvalue weighted by molar-refractivity contribution is 7.15. The minimum Gasteiger partial charge on any atom is -0.496 e. The molecule has 0 bridgehead atoms. The Kier molecular flexibility index (Phi) is 3.30. The predicted octanol–water partition coefficient (Wildman–Crippen LogP) is 1.45. The van der Waals surface area contributed by atoms with E-state index < -0.39 is 0 Å². The molecule has 8 heteroatoms. The van der Waals surface area contributed by atoms with Gasteiger partial charge < -0.3 is 10.5 Å². The van der Waals surface area contributed by atoms with E-state index in [1.807, 2.05) is 6.92 Å². The van der Waals surface area contributed by atoms with Gasteiger partial charge in [-0.1, -0.05) is 17.4 Å². The maximum atomic E-state index is 12.7. The molecule has 2 N–H and O–H groups in total. The number of aromatic nitrogens is 4. The van der Waals surface area contributed by atoms with Crippen molar-refractivity contribution in [2.75, 3.05) is 12.8 Å². The van der Waals surface area contributed by atoms with Gasteiger partial charge in [-0.25, -0.2) is 4.98 Å². The Morgan fingerprint density at radius 3 is 2.86 bits per heavy atom. The van der Waals surface area contributed by atoms with E-state index in [9.17, 15) is 4.79 Å². The first-order chi connectivity index (χ1) is 10.1. The van der Waals surface area contributed by atoms with Gasteiger partial charge in [-0.2, -0.15) is 0 Å². The van der Waals surface area contributed by atoms with Crippen LogP contribution < -0.4 is 16.0 Å². The largest absolute Gasteiger partial charge is 0.496 e. The quantitative estimate of drug-likeness (QED) is 0.786. The standard InChI is InChI=1S/C13H13N5O2S/c1-7(11-16-17-13(14)21-11)18-6-15-8-4-3-5-9(20-2)10(8)12(18)19/h3-7H,1-2H3,(H2,14,17)/t7-/m1/s1. The second-order valence-electron chi connectivity index (χ2n) is 4.47. The summed E-state index contributed by atoms with van der Waals surface area (Å²) >= 11 is 1.25. The van der Waals surface area contributed by atoms with Gasteiger partial charge in [-0.05, 0) is 19.1 Å². The molecule has 2 aromatic heterocycles. The molecule has 2 heterocycles. The number of ether oxygens (including phenoxy) is 1. The van der Waals surface area contributed by atoms with E-state index in [1.54, 1.807) is 18.2 Å². The Bertz CT molecular complexity index is 857. The Morgan fingerprint density at radius 1 is 1.38 bits per heavy atom. The summed E-state index contributed by atoms with van der Waals surface area (Å²) in [6.45, 7) is 1.85. The molecule has 7 nitrogen and oxygen atoms in total. The lowest BCUT2D eigenvalue weighted by atomic mass is 10.2. The van der Waals surface area contributed by atoms with Gasteiger partial charge in [0.15, 0.2) is 0 Å². The molecule has 0 aliphatic carbocycles. The van der Waals surface area contributed by atoms with Crippen molar-refractivity contribution in [3.63, 3.8) is 0 Å². The summed E-state index contributed by atoms with van der Waals surface area (Å²) in [5, 5.41) is 9.24. The van der Waals surface area contributed by atoms with Crippen LogP contribution in [0.5, 0.6) is 5.75 Å². The van der Waals surface area contributed by atoms with Gasteiger partial charge in [0.05, 0.1) is 25.0 Å². The molecule has 3 aromatic rings. The number of methoxy groups -OCH3 is 1. The summed E-state index contributed by atoms with van der Waals surface area (Å²) in [5.41, 5.74) is 6.01. The number of fused-ring (bicyclic) bond motifs is 1. The second-order valence-corrected chi connectivity index (χ2v) is 5.51. The van der Waals surface area contributed by atoms with Crippen LogP contribution in [0.15, 0.2) is 29.3 Å². The van der Waals surface area contributed by atoms with E-state index >= 15 is 0 Å². The highest BCUT2D eigenvalue weighted by Gasteiger charge is 2.17. The van der Waals surface area contributed by atoms with E-state index in [0.717, 1.165) is 0 Å². The molecule has 0 radical (unpaired) electrons. The molecular weight excluding hydrogens is 290 g/mol. The van der Waals surface area contributed by atoms with Crippen LogP contribution in [-0.2, 0) is 0 Å². The third kappa shape index (κ3) is 2.23. The van der Waals surface area contributed by atoms with Gasteiger partial charge in [0.25, 0.3) is 5.56 Å². The lowest BCUT2D eigenvalue weighted by Gasteiger charge is -2.13. The van der Waals surface area contributed by atoms with Crippen LogP contribution >= 0.6 is 11.3 Å². The zero-order valence-electron chi connectivity index (χ0n) is 11.5. The molecule has 0 saturated carbocycles. The third-order valence-corrected chi connectivity index (χ3v) is 4.15. The van der Waals surface area contributed by atoms with Crippen molar-refractivity contribution in [2.24, 2.45) is 0 Å². The van der Waals surface area contributed by atoms with Crippen molar-refractivity contribution in [1.29, 1.82) is 0 Å². The number of hydrogen-bond acceptors (Lipinski definition) is 7. The van der Waals surface area contributed by atoms with Crippen molar-refractivity contribution in [1.82, 2.24) is 19.7 Å². The number of rotatable bonds is 3. The van der Waals surface area contributed by atoms with Crippen LogP contribution in [-0.4, -0.2) is 26.9 Å². The van der Waals surface area contributed by atoms with Gasteiger partial charge in [0.1, 0.15) is 16.1 Å². The van der Waals surface area contributed by atoms with E-state index in [4.69, 9.17) is 10.5 Å². The maximum Gasteiger partial charge on any atom is 0.265 e. The van der Waals surface area contributed by atoms with Crippen molar-refractivity contribution in [2.45, 2.75) is 13.0 Å². The Labute approximate surface area is 124 Å². The zero-order chi connectivity index (χ0) is 15.0. The molecule has 0 spiro atoms. The molecule has 0 saturated heterocycles. The molecule has 0 aliphatic rings. The summed E-state index contributed by atoms with van der Waals surface area (Å²) in [6, 6.07) is 5.02. The molecule has 108 valence electrons. The number of anilines is 1. The van der Waals surface area contributed by atoms with Gasteiger partial charge in [-0.3, -0.25) is 9.36 Å². The van der Waals surface area contributed by atoms with Crippen molar-refractivity contribution in [3.8, 4) is 5.75 Å². The molecule has 3 rings (SSSR count). The van der Waals surface area contributed by atoms with Crippen LogP contribution in [0.25, 0.3) is 10.9 Å². The lowest BCUT2D eigenvalue weighted by molar-refractivity contribution is 0.419. The summed E-state index contributed by atoms with van der Waals surface area (Å²) in [5.74, 6) is 0.503. The maximum absolute atomic E-state index is 12.7. The van der Waals surface area contributed by atoms with Crippen LogP contribution in [0, 0.1) is 0 Å². The summed E-state index contributed by atoms with van der Waals surface area (Å²) in [7, 11) is 1.53. The minimum absolute atomic E-state index is 0.182. The third-order valence-electron chi connectivity index (χ3n) is 3.22. The van der Waals surface area contributed by atoms with Crippen molar-refractivity contribution >= 4 is 27.4 Å². The van der Waals surface area contributed by atoms with Gasteiger partial charge in [0, 0.05) is 0 Å². The Hall–Kier alpha value is -2.48. The smallest absolute Gasteiger partial charge is 0.265 e. The number of benzene rings is 1. The number of nitrogens with zero attached hydrogens (tertiary/aromatic N) is 4. The fraction of sp³-hybridized carbons (Fsp3) is 0.231. The summed E-state index contributed by atoms with van der Waals surface area (Å²) in [4.78, 5) is 17.0. The molecular formula is C13H13N5O2S. The molecule has 1 atom stereocenters. The molecule has 0 fully saturated rings. The number of nitrogen functional groups attached to an aromatic ring is 1. The minimum atomic E-state index is -0.297. The fourth-order valence-corrected chi connectivity index (χ4v) is 2.79. The van der Waals surface area contributed by atoms with E-state index in [-0.39, 0.29) is 11.6 Å². The molecule has 0 unspecified atom stereocenters. The lowest BCUT2D eigenvalue weighted by Crippen LogP contribution is -2.24. The molecule has 1 aromatic carbocycles. The molecule has 0 amide bonds. The van der Waals surface area contributed by atoms with E-state index in [0.29, 0.717) is 26.8 Å². The summed E-state index contributed by atoms with van der Waals surface area (Å²) in [6.07, 6.45) is 1.51. The molecule has 0 aliphatic heterocycles. The highest BCUT2D eigenvalue weighted by Crippen LogP contribution is 2.24. The Morgan fingerprint density at radius 2 is 2.19 bits per heavy atom. The summed E-state index contributed by atoms with van der Waals surface area (Å²) < 4.78 is 6.76. The Balaban J connectivity index is 2.20. The predicted molar refractivity (Wildman–Crippen MR) is 80.7 cm³/mol. The van der Waals surface area contributed by atoms with Crippen LogP contribution in [0.2, 0.25) is 0 Å². The monoisotopic (exact) mass is 303 g/mol. The first-order valence-electron chi connectivity index (χ1n) is 6.24. The normalized spacial score (nSPS) is 12.5. The van der Waals surface area contributed by atoms with Crippen molar-refractivity contribution in [3.05, 3.63) is 39.9 Å². The van der Waals surface area contributed by atoms with E-state index in [1.165, 1.54) is 29.3 Å². The van der Waals surface area contributed by atoms with E-state index in [2.05, 4.69) is 15.2 Å². The average molecular weight is 303 g/mol. The number of nitrogens with two attached hydrogens (primary N) is 1. The van der Waals surface area contributed by atoms with Crippen LogP contribution in [0.3, 0.4) is 0 Å². The van der Waals surface area contributed by atoms with Gasteiger partial charge in [0.2, 0.25) is 5.13 Å². The van der Waals surface area contributed by atoms with Gasteiger partial charge >= 0.3 is 0 Å². The van der Waals surface area contributed by atoms with Crippen LogP contribution in [0.1, 0.15) is 18.0 Å². The van der Waals surface area contributed by atoms with Crippen molar-refractivity contribution < 1.29 is 4.74 Å². The number of hydrogen-bond donors (Lipinski definition) is 1. The fourth-order valence-electron chi connectivity index (χ4n) is 2.13. The topological polar surface area (TPSA) is 95.9 Å². The van der Waals surface area contributed by atoms with Crippen LogP contribution in [0.4, 0.5) is 5.13 Å². The average Bonchev–Trinajstić information content (AvgIpc) is 2.93. The highest BCUT2D eigenvalue weighted by atomic mass is 32.1. The van der Waals surface area contributed by atoms with Gasteiger partial charge in [-0.15, -0.1) is 10.2 Å². The molecule has 21 heavy (non-hydrogen) atoms. The first-order valence-corrected chi connectivity index (χ1v) is 7.06. The SMILES string of the molecule is COc1cccc2ncn([C@H](C)c3nnc(N)s3)c(=O)c12. The zero-order valence-corrected chi connectivity index (χ0v) is 12.3. The first kappa shape index (κ1) is 13.5. The second kappa shape index (κ2) is 5.13.